The lowest BCUT2D eigenvalue weighted by Gasteiger charge is -2.43. The van der Waals surface area contributed by atoms with E-state index >= 15 is 0 Å². The highest BCUT2D eigenvalue weighted by molar-refractivity contribution is 5.82. The molecule has 2 aromatic heterocycles. The van der Waals surface area contributed by atoms with E-state index in [1.165, 1.54) is 12.7 Å². The second-order valence-corrected chi connectivity index (χ2v) is 8.19. The average molecular weight is 421 g/mol. The number of anilines is 1. The summed E-state index contributed by atoms with van der Waals surface area (Å²) in [7, 11) is 1.70. The van der Waals surface area contributed by atoms with Crippen molar-refractivity contribution >= 4 is 22.9 Å². The fourth-order valence-electron chi connectivity index (χ4n) is 4.10. The van der Waals surface area contributed by atoms with E-state index in [0.717, 1.165) is 12.8 Å². The van der Waals surface area contributed by atoms with Gasteiger partial charge in [0.25, 0.3) is 0 Å². The van der Waals surface area contributed by atoms with E-state index in [9.17, 15) is 15.0 Å². The molecule has 0 spiro atoms. The van der Waals surface area contributed by atoms with Gasteiger partial charge in [-0.05, 0) is 38.6 Å². The van der Waals surface area contributed by atoms with Crippen molar-refractivity contribution in [3.05, 3.63) is 12.7 Å². The molecule has 0 aromatic carbocycles. The van der Waals surface area contributed by atoms with E-state index in [1.807, 2.05) is 0 Å². The third-order valence-corrected chi connectivity index (χ3v) is 6.08. The Balaban J connectivity index is 1.63. The lowest BCUT2D eigenvalue weighted by atomic mass is 9.79. The smallest absolute Gasteiger partial charge is 0.239 e. The Bertz CT molecular complexity index is 875. The first kappa shape index (κ1) is 22.3. The van der Waals surface area contributed by atoms with Gasteiger partial charge < -0.3 is 36.9 Å². The van der Waals surface area contributed by atoms with Gasteiger partial charge in [0.05, 0.1) is 25.0 Å². The van der Waals surface area contributed by atoms with E-state index in [1.54, 1.807) is 16.5 Å². The molecule has 0 unspecified atom stereocenters. The highest BCUT2D eigenvalue weighted by Crippen LogP contribution is 2.33. The first-order valence-corrected chi connectivity index (χ1v) is 10.3. The standard InChI is InChI=1S/C19H32N8O3/c1-26(18(29)13(21)4-2-3-7-20)12-5-6-19(30,14(28)8-12)9-27-11-25-15-16(22)23-10-24-17(15)27/h10-14,28,30H,2-9,20-21H2,1H3,(H2,22,23,24)/t12-,13-,14+,19+/m0/s1. The lowest BCUT2D eigenvalue weighted by Crippen LogP contribution is -2.56. The molecule has 2 aromatic rings. The third-order valence-electron chi connectivity index (χ3n) is 6.08. The number of aliphatic hydroxyl groups excluding tert-OH is 1. The summed E-state index contributed by atoms with van der Waals surface area (Å²) in [6.07, 6.45) is 5.20. The second-order valence-electron chi connectivity index (χ2n) is 8.19. The number of nitrogens with zero attached hydrogens (tertiary/aromatic N) is 5. The molecule has 11 heteroatoms. The lowest BCUT2D eigenvalue weighted by molar-refractivity contribution is -0.144. The maximum absolute atomic E-state index is 12.6. The average Bonchev–Trinajstić information content (AvgIpc) is 3.13. The molecule has 0 aliphatic heterocycles. The van der Waals surface area contributed by atoms with Crippen molar-refractivity contribution in [1.82, 2.24) is 24.4 Å². The number of nitrogen functional groups attached to an aromatic ring is 1. The van der Waals surface area contributed by atoms with Crippen molar-refractivity contribution in [2.45, 2.75) is 68.9 Å². The third kappa shape index (κ3) is 4.53. The van der Waals surface area contributed by atoms with Gasteiger partial charge in [-0.1, -0.05) is 6.42 Å². The minimum atomic E-state index is -1.36. The van der Waals surface area contributed by atoms with E-state index in [4.69, 9.17) is 17.2 Å². The van der Waals surface area contributed by atoms with Crippen LogP contribution < -0.4 is 17.2 Å². The Morgan fingerprint density at radius 2 is 2.17 bits per heavy atom. The number of imidazole rings is 1. The van der Waals surface area contributed by atoms with Crippen LogP contribution in [0.5, 0.6) is 0 Å². The number of amides is 1. The second kappa shape index (κ2) is 9.21. The van der Waals surface area contributed by atoms with Crippen molar-refractivity contribution < 1.29 is 15.0 Å². The zero-order chi connectivity index (χ0) is 21.9. The predicted molar refractivity (Wildman–Crippen MR) is 112 cm³/mol. The van der Waals surface area contributed by atoms with Crippen LogP contribution in [0.2, 0.25) is 0 Å². The molecule has 4 atom stereocenters. The van der Waals surface area contributed by atoms with Crippen LogP contribution in [-0.2, 0) is 11.3 Å². The minimum Gasteiger partial charge on any atom is -0.390 e. The largest absolute Gasteiger partial charge is 0.390 e. The normalized spacial score (nSPS) is 25.4. The molecule has 1 aliphatic rings. The summed E-state index contributed by atoms with van der Waals surface area (Å²) in [6, 6.07) is -0.771. The Morgan fingerprint density at radius 3 is 2.87 bits per heavy atom. The first-order chi connectivity index (χ1) is 14.3. The van der Waals surface area contributed by atoms with Gasteiger partial charge in [0.2, 0.25) is 5.91 Å². The summed E-state index contributed by atoms with van der Waals surface area (Å²) in [5.41, 5.74) is 16.9. The summed E-state index contributed by atoms with van der Waals surface area (Å²) >= 11 is 0. The van der Waals surface area contributed by atoms with E-state index < -0.39 is 17.7 Å². The molecule has 1 saturated carbocycles. The summed E-state index contributed by atoms with van der Waals surface area (Å²) < 4.78 is 1.67. The number of hydrogen-bond acceptors (Lipinski definition) is 9. The van der Waals surface area contributed by atoms with Crippen molar-refractivity contribution in [1.29, 1.82) is 0 Å². The quantitative estimate of drug-likeness (QED) is 0.333. The topological polar surface area (TPSA) is 182 Å². The number of carbonyl (C=O) groups is 1. The number of hydrogen-bond donors (Lipinski definition) is 5. The van der Waals surface area contributed by atoms with Gasteiger partial charge in [0.1, 0.15) is 17.4 Å². The zero-order valence-corrected chi connectivity index (χ0v) is 17.3. The first-order valence-electron chi connectivity index (χ1n) is 10.3. The van der Waals surface area contributed by atoms with E-state index in [2.05, 4.69) is 15.0 Å². The fraction of sp³-hybridized carbons (Fsp3) is 0.684. The molecule has 166 valence electrons. The van der Waals surface area contributed by atoms with Crippen LogP contribution in [0.1, 0.15) is 38.5 Å². The van der Waals surface area contributed by atoms with Crippen LogP contribution in [0.4, 0.5) is 5.82 Å². The molecule has 0 bridgehead atoms. The van der Waals surface area contributed by atoms with Crippen molar-refractivity contribution in [3.8, 4) is 0 Å². The summed E-state index contributed by atoms with van der Waals surface area (Å²) in [4.78, 5) is 26.5. The molecule has 0 radical (unpaired) electrons. The van der Waals surface area contributed by atoms with Crippen LogP contribution in [-0.4, -0.2) is 77.9 Å². The molecule has 1 amide bonds. The van der Waals surface area contributed by atoms with Gasteiger partial charge in [-0.25, -0.2) is 15.0 Å². The predicted octanol–water partition coefficient (Wildman–Crippen LogP) is -1.03. The maximum Gasteiger partial charge on any atom is 0.239 e. The maximum atomic E-state index is 12.6. The molecule has 11 nitrogen and oxygen atoms in total. The Morgan fingerprint density at radius 1 is 1.40 bits per heavy atom. The van der Waals surface area contributed by atoms with E-state index in [-0.39, 0.29) is 30.7 Å². The molecule has 1 aliphatic carbocycles. The van der Waals surface area contributed by atoms with Crippen LogP contribution in [0, 0.1) is 0 Å². The molecule has 2 heterocycles. The van der Waals surface area contributed by atoms with Gasteiger partial charge in [-0.3, -0.25) is 4.79 Å². The molecule has 8 N–H and O–H groups in total. The number of aromatic nitrogens is 4. The monoisotopic (exact) mass is 420 g/mol. The van der Waals surface area contributed by atoms with Gasteiger partial charge in [0, 0.05) is 13.1 Å². The highest BCUT2D eigenvalue weighted by atomic mass is 16.3. The molecule has 3 rings (SSSR count). The number of unbranched alkanes of at least 4 members (excludes halogenated alkanes) is 1. The number of carbonyl (C=O) groups excluding carboxylic acids is 1. The number of rotatable bonds is 8. The minimum absolute atomic E-state index is 0.115. The number of aliphatic hydroxyl groups is 2. The molecular formula is C19H32N8O3. The Labute approximate surface area is 175 Å². The highest BCUT2D eigenvalue weighted by Gasteiger charge is 2.43. The summed E-state index contributed by atoms with van der Waals surface area (Å²) in [5.74, 6) is 0.111. The Hall–Kier alpha value is -2.34. The molecule has 1 fully saturated rings. The van der Waals surface area contributed by atoms with Crippen molar-refractivity contribution in [2.75, 3.05) is 19.3 Å². The van der Waals surface area contributed by atoms with Gasteiger partial charge in [-0.15, -0.1) is 0 Å². The van der Waals surface area contributed by atoms with Gasteiger partial charge in [0.15, 0.2) is 11.5 Å². The molecule has 30 heavy (non-hydrogen) atoms. The molecule has 0 saturated heterocycles. The zero-order valence-electron chi connectivity index (χ0n) is 17.3. The van der Waals surface area contributed by atoms with Crippen LogP contribution in [0.3, 0.4) is 0 Å². The number of likely N-dealkylation sites (N-methyl/N-ethyl adjacent to an activating group) is 1. The Kier molecular flexibility index (Phi) is 6.86. The van der Waals surface area contributed by atoms with Gasteiger partial charge >= 0.3 is 0 Å². The van der Waals surface area contributed by atoms with Crippen LogP contribution in [0.15, 0.2) is 12.7 Å². The van der Waals surface area contributed by atoms with Crippen LogP contribution in [0.25, 0.3) is 11.2 Å². The molecular weight excluding hydrogens is 388 g/mol. The van der Waals surface area contributed by atoms with E-state index in [0.29, 0.717) is 37.0 Å². The summed E-state index contributed by atoms with van der Waals surface area (Å²) in [6.45, 7) is 0.694. The van der Waals surface area contributed by atoms with Crippen molar-refractivity contribution in [2.24, 2.45) is 11.5 Å². The number of fused-ring (bicyclic) bond motifs is 1. The van der Waals surface area contributed by atoms with Crippen molar-refractivity contribution in [3.63, 3.8) is 0 Å². The SMILES string of the molecule is CN(C(=O)[C@@H](N)CCCCN)[C@H]1CC[C@@](O)(Cn2cnc3c(N)ncnc32)[C@H](O)C1. The fourth-order valence-corrected chi connectivity index (χ4v) is 4.10. The van der Waals surface area contributed by atoms with Crippen LogP contribution >= 0.6 is 0 Å². The van der Waals surface area contributed by atoms with Gasteiger partial charge in [-0.2, -0.15) is 0 Å². The number of nitrogens with two attached hydrogens (primary N) is 3. The summed E-state index contributed by atoms with van der Waals surface area (Å²) in [5, 5.41) is 21.9.